The summed E-state index contributed by atoms with van der Waals surface area (Å²) in [6, 6.07) is 1.08. The predicted octanol–water partition coefficient (Wildman–Crippen LogP) is 0.846. The summed E-state index contributed by atoms with van der Waals surface area (Å²) in [5, 5.41) is 12.6. The zero-order chi connectivity index (χ0) is 12.9. The number of hydrogen-bond acceptors (Lipinski definition) is 4. The number of likely N-dealkylation sites (N-methyl/N-ethyl adjacent to an activating group) is 1. The van der Waals surface area contributed by atoms with Crippen molar-refractivity contribution in [2.24, 2.45) is 0 Å². The van der Waals surface area contributed by atoms with Gasteiger partial charge in [-0.15, -0.1) is 0 Å². The average molecular weight is 244 g/mol. The molecular weight excluding hydrogens is 216 g/mol. The largest absolute Gasteiger partial charge is 0.394 e. The van der Waals surface area contributed by atoms with Crippen molar-refractivity contribution in [1.29, 1.82) is 0 Å². The molecule has 1 fully saturated rings. The smallest absolute Gasteiger partial charge is 0.0611 e. The van der Waals surface area contributed by atoms with E-state index >= 15 is 0 Å². The third-order valence-electron chi connectivity index (χ3n) is 4.16. The van der Waals surface area contributed by atoms with E-state index in [2.05, 4.69) is 31.1 Å². The van der Waals surface area contributed by atoms with Crippen molar-refractivity contribution in [2.75, 3.05) is 33.9 Å². The zero-order valence-electron chi connectivity index (χ0n) is 11.7. The Labute approximate surface area is 105 Å². The minimum atomic E-state index is -0.182. The quantitative estimate of drug-likeness (QED) is 0.727. The molecule has 1 saturated heterocycles. The van der Waals surface area contributed by atoms with Crippen LogP contribution in [0, 0.1) is 0 Å². The Bertz CT molecular complexity index is 213. The Kier molecular flexibility index (Phi) is 5.86. The van der Waals surface area contributed by atoms with Gasteiger partial charge in [0.15, 0.2) is 0 Å². The summed E-state index contributed by atoms with van der Waals surface area (Å²) in [6.07, 6.45) is 3.19. The van der Waals surface area contributed by atoms with Crippen molar-refractivity contribution in [2.45, 2.75) is 50.7 Å². The molecule has 0 aromatic heterocycles. The topological polar surface area (TPSA) is 44.7 Å². The summed E-state index contributed by atoms with van der Waals surface area (Å²) in [5.74, 6) is 0. The molecule has 1 aliphatic rings. The van der Waals surface area contributed by atoms with E-state index in [1.54, 1.807) is 0 Å². The van der Waals surface area contributed by atoms with Crippen LogP contribution in [0.3, 0.4) is 0 Å². The fourth-order valence-corrected chi connectivity index (χ4v) is 2.49. The first-order valence-corrected chi connectivity index (χ1v) is 6.62. The van der Waals surface area contributed by atoms with Crippen LogP contribution in [-0.4, -0.2) is 61.5 Å². The maximum atomic E-state index is 9.43. The Morgan fingerprint density at radius 1 is 1.47 bits per heavy atom. The van der Waals surface area contributed by atoms with Crippen molar-refractivity contribution in [3.05, 3.63) is 0 Å². The number of ether oxygens (including phenoxy) is 1. The third kappa shape index (κ3) is 4.21. The molecule has 0 amide bonds. The second-order valence-corrected chi connectivity index (χ2v) is 5.53. The molecule has 1 aliphatic heterocycles. The fraction of sp³-hybridized carbons (Fsp3) is 1.00. The lowest BCUT2D eigenvalue weighted by Gasteiger charge is -2.39. The van der Waals surface area contributed by atoms with Gasteiger partial charge in [-0.05, 0) is 47.2 Å². The van der Waals surface area contributed by atoms with Gasteiger partial charge in [0.05, 0.1) is 6.61 Å². The highest BCUT2D eigenvalue weighted by molar-refractivity contribution is 4.87. The minimum Gasteiger partial charge on any atom is -0.394 e. The van der Waals surface area contributed by atoms with E-state index < -0.39 is 0 Å². The van der Waals surface area contributed by atoms with Crippen LogP contribution >= 0.6 is 0 Å². The molecule has 0 aromatic carbocycles. The Morgan fingerprint density at radius 3 is 2.53 bits per heavy atom. The van der Waals surface area contributed by atoms with E-state index in [0.717, 1.165) is 32.5 Å². The van der Waals surface area contributed by atoms with Gasteiger partial charge >= 0.3 is 0 Å². The maximum absolute atomic E-state index is 9.43. The molecule has 17 heavy (non-hydrogen) atoms. The first-order valence-electron chi connectivity index (χ1n) is 6.62. The van der Waals surface area contributed by atoms with Gasteiger partial charge in [0, 0.05) is 30.8 Å². The second-order valence-electron chi connectivity index (χ2n) is 5.53. The molecule has 102 valence electrons. The summed E-state index contributed by atoms with van der Waals surface area (Å²) in [4.78, 5) is 2.44. The van der Waals surface area contributed by atoms with Crippen molar-refractivity contribution >= 4 is 0 Å². The van der Waals surface area contributed by atoms with Gasteiger partial charge in [0.25, 0.3) is 0 Å². The van der Waals surface area contributed by atoms with Crippen LogP contribution in [0.2, 0.25) is 0 Å². The molecule has 2 unspecified atom stereocenters. The first kappa shape index (κ1) is 14.9. The number of nitrogens with zero attached hydrogens (tertiary/aromatic N) is 1. The van der Waals surface area contributed by atoms with Crippen LogP contribution < -0.4 is 5.32 Å². The standard InChI is InChI=1S/C13H28N2O2/c1-11(9-13(2,10-16)14-3)15(4)12-5-7-17-8-6-12/h11-12,14,16H,5-10H2,1-4H3. The molecule has 0 aromatic rings. The number of nitrogens with one attached hydrogen (secondary N) is 1. The molecule has 0 aliphatic carbocycles. The second kappa shape index (κ2) is 6.69. The highest BCUT2D eigenvalue weighted by atomic mass is 16.5. The third-order valence-corrected chi connectivity index (χ3v) is 4.16. The van der Waals surface area contributed by atoms with E-state index in [-0.39, 0.29) is 12.1 Å². The van der Waals surface area contributed by atoms with E-state index in [9.17, 15) is 5.11 Å². The van der Waals surface area contributed by atoms with Gasteiger partial charge in [0.1, 0.15) is 0 Å². The molecule has 0 saturated carbocycles. The van der Waals surface area contributed by atoms with Gasteiger partial charge in [0.2, 0.25) is 0 Å². The molecule has 2 atom stereocenters. The lowest BCUT2D eigenvalue weighted by atomic mass is 9.93. The summed E-state index contributed by atoms with van der Waals surface area (Å²) in [5.41, 5.74) is -0.182. The number of rotatable bonds is 6. The van der Waals surface area contributed by atoms with Crippen LogP contribution in [0.5, 0.6) is 0 Å². The van der Waals surface area contributed by atoms with Gasteiger partial charge in [-0.2, -0.15) is 0 Å². The van der Waals surface area contributed by atoms with Gasteiger partial charge in [-0.3, -0.25) is 0 Å². The Balaban J connectivity index is 2.47. The zero-order valence-corrected chi connectivity index (χ0v) is 11.7. The highest BCUT2D eigenvalue weighted by Crippen LogP contribution is 2.20. The van der Waals surface area contributed by atoms with Gasteiger partial charge in [-0.25, -0.2) is 0 Å². The molecule has 0 spiro atoms. The van der Waals surface area contributed by atoms with E-state index in [0.29, 0.717) is 12.1 Å². The van der Waals surface area contributed by atoms with Gasteiger partial charge < -0.3 is 20.1 Å². The highest BCUT2D eigenvalue weighted by Gasteiger charge is 2.28. The first-order chi connectivity index (χ1) is 8.02. The summed E-state index contributed by atoms with van der Waals surface area (Å²) in [7, 11) is 4.10. The normalized spacial score (nSPS) is 23.6. The maximum Gasteiger partial charge on any atom is 0.0611 e. The van der Waals surface area contributed by atoms with E-state index in [4.69, 9.17) is 4.74 Å². The minimum absolute atomic E-state index is 0.176. The van der Waals surface area contributed by atoms with Crippen LogP contribution in [0.25, 0.3) is 0 Å². The van der Waals surface area contributed by atoms with Crippen LogP contribution in [0.1, 0.15) is 33.1 Å². The van der Waals surface area contributed by atoms with Crippen LogP contribution in [0.4, 0.5) is 0 Å². The SMILES string of the molecule is CNC(C)(CO)CC(C)N(C)C1CCOCC1. The number of aliphatic hydroxyl groups excluding tert-OH is 1. The Morgan fingerprint density at radius 2 is 2.06 bits per heavy atom. The predicted molar refractivity (Wildman–Crippen MR) is 70.2 cm³/mol. The molecule has 1 rings (SSSR count). The van der Waals surface area contributed by atoms with Crippen molar-refractivity contribution < 1.29 is 9.84 Å². The van der Waals surface area contributed by atoms with Crippen LogP contribution in [0.15, 0.2) is 0 Å². The fourth-order valence-electron chi connectivity index (χ4n) is 2.49. The molecule has 0 bridgehead atoms. The van der Waals surface area contributed by atoms with E-state index in [1.165, 1.54) is 0 Å². The molecule has 4 nitrogen and oxygen atoms in total. The molecule has 1 heterocycles. The van der Waals surface area contributed by atoms with Gasteiger partial charge in [-0.1, -0.05) is 0 Å². The monoisotopic (exact) mass is 244 g/mol. The Hall–Kier alpha value is -0.160. The van der Waals surface area contributed by atoms with Crippen LogP contribution in [-0.2, 0) is 4.74 Å². The lowest BCUT2D eigenvalue weighted by Crippen LogP contribution is -2.50. The molecular formula is C13H28N2O2. The van der Waals surface area contributed by atoms with Crippen molar-refractivity contribution in [3.8, 4) is 0 Å². The molecule has 4 heteroatoms. The lowest BCUT2D eigenvalue weighted by molar-refractivity contribution is 0.0228. The van der Waals surface area contributed by atoms with E-state index in [1.807, 2.05) is 7.05 Å². The summed E-state index contributed by atoms with van der Waals surface area (Å²) in [6.45, 7) is 6.24. The summed E-state index contributed by atoms with van der Waals surface area (Å²) >= 11 is 0. The molecule has 2 N–H and O–H groups in total. The molecule has 0 radical (unpaired) electrons. The summed E-state index contributed by atoms with van der Waals surface area (Å²) < 4.78 is 5.39. The van der Waals surface area contributed by atoms with Crippen molar-refractivity contribution in [1.82, 2.24) is 10.2 Å². The average Bonchev–Trinajstić information content (AvgIpc) is 2.38. The van der Waals surface area contributed by atoms with Crippen molar-refractivity contribution in [3.63, 3.8) is 0 Å². The number of hydrogen-bond donors (Lipinski definition) is 2. The number of aliphatic hydroxyl groups is 1.